The number of ether oxygens (including phenoxy) is 1. The third kappa shape index (κ3) is 2.48. The molecule has 0 spiro atoms. The van der Waals surface area contributed by atoms with E-state index in [-0.39, 0.29) is 5.41 Å². The molecule has 1 rings (SSSR count). The van der Waals surface area contributed by atoms with Crippen LogP contribution in [0, 0.1) is 23.2 Å². The Bertz CT molecular complexity index is 201. The summed E-state index contributed by atoms with van der Waals surface area (Å²) >= 11 is 0. The van der Waals surface area contributed by atoms with Gasteiger partial charge in [0.2, 0.25) is 0 Å². The zero-order valence-electron chi connectivity index (χ0n) is 9.02. The molecule has 0 aromatic heterocycles. The maximum Gasteiger partial charge on any atom is 0.0480 e. The SMILES string of the molecule is CCC#CC1(C(C)C)CCOCC1. The summed E-state index contributed by atoms with van der Waals surface area (Å²) in [5, 5.41) is 0. The highest BCUT2D eigenvalue weighted by Crippen LogP contribution is 2.37. The van der Waals surface area contributed by atoms with Crippen LogP contribution in [0.5, 0.6) is 0 Å². The Hall–Kier alpha value is -0.480. The van der Waals surface area contributed by atoms with Crippen molar-refractivity contribution in [3.8, 4) is 11.8 Å². The van der Waals surface area contributed by atoms with E-state index in [0.29, 0.717) is 5.92 Å². The molecule has 1 aliphatic heterocycles. The van der Waals surface area contributed by atoms with E-state index in [1.807, 2.05) is 0 Å². The molecule has 1 aliphatic rings. The molecule has 13 heavy (non-hydrogen) atoms. The van der Waals surface area contributed by atoms with E-state index >= 15 is 0 Å². The summed E-state index contributed by atoms with van der Waals surface area (Å²) in [7, 11) is 0. The van der Waals surface area contributed by atoms with E-state index in [0.717, 1.165) is 32.5 Å². The quantitative estimate of drug-likeness (QED) is 0.564. The summed E-state index contributed by atoms with van der Waals surface area (Å²) in [6.07, 6.45) is 3.19. The van der Waals surface area contributed by atoms with Crippen molar-refractivity contribution in [2.75, 3.05) is 13.2 Å². The molecule has 0 N–H and O–H groups in total. The first-order valence-electron chi connectivity index (χ1n) is 5.29. The fourth-order valence-corrected chi connectivity index (χ4v) is 1.85. The van der Waals surface area contributed by atoms with Gasteiger partial charge in [0, 0.05) is 25.0 Å². The second kappa shape index (κ2) is 4.67. The standard InChI is InChI=1S/C12H20O/c1-4-5-6-12(11(2)3)7-9-13-10-8-12/h11H,4,7-10H2,1-3H3. The Morgan fingerprint density at radius 1 is 1.31 bits per heavy atom. The molecule has 1 nitrogen and oxygen atoms in total. The molecule has 0 aliphatic carbocycles. The van der Waals surface area contributed by atoms with Crippen LogP contribution in [0.25, 0.3) is 0 Å². The number of hydrogen-bond donors (Lipinski definition) is 0. The number of rotatable bonds is 1. The van der Waals surface area contributed by atoms with Crippen LogP contribution in [-0.2, 0) is 4.74 Å². The minimum absolute atomic E-state index is 0.244. The summed E-state index contributed by atoms with van der Waals surface area (Å²) < 4.78 is 5.39. The topological polar surface area (TPSA) is 9.23 Å². The van der Waals surface area contributed by atoms with E-state index in [1.54, 1.807) is 0 Å². The first-order valence-corrected chi connectivity index (χ1v) is 5.29. The van der Waals surface area contributed by atoms with Gasteiger partial charge in [-0.25, -0.2) is 0 Å². The highest BCUT2D eigenvalue weighted by Gasteiger charge is 2.33. The molecule has 74 valence electrons. The van der Waals surface area contributed by atoms with Crippen molar-refractivity contribution >= 4 is 0 Å². The van der Waals surface area contributed by atoms with Gasteiger partial charge >= 0.3 is 0 Å². The fourth-order valence-electron chi connectivity index (χ4n) is 1.85. The molecule has 1 heterocycles. The molecule has 0 saturated carbocycles. The average Bonchev–Trinajstić information content (AvgIpc) is 2.16. The molecule has 0 atom stereocenters. The summed E-state index contributed by atoms with van der Waals surface area (Å²) in [4.78, 5) is 0. The molecule has 0 unspecified atom stereocenters. The van der Waals surface area contributed by atoms with Crippen molar-refractivity contribution in [3.63, 3.8) is 0 Å². The predicted octanol–water partition coefficient (Wildman–Crippen LogP) is 2.85. The monoisotopic (exact) mass is 180 g/mol. The van der Waals surface area contributed by atoms with Gasteiger partial charge in [-0.3, -0.25) is 0 Å². The lowest BCUT2D eigenvalue weighted by molar-refractivity contribution is 0.0215. The van der Waals surface area contributed by atoms with Gasteiger partial charge in [-0.2, -0.15) is 0 Å². The highest BCUT2D eigenvalue weighted by molar-refractivity contribution is 5.13. The average molecular weight is 180 g/mol. The van der Waals surface area contributed by atoms with E-state index in [2.05, 4.69) is 32.6 Å². The fraction of sp³-hybridized carbons (Fsp3) is 0.833. The molecular weight excluding hydrogens is 160 g/mol. The third-order valence-electron chi connectivity index (χ3n) is 3.00. The Morgan fingerprint density at radius 2 is 1.92 bits per heavy atom. The van der Waals surface area contributed by atoms with Gasteiger partial charge in [0.15, 0.2) is 0 Å². The van der Waals surface area contributed by atoms with Gasteiger partial charge in [0.25, 0.3) is 0 Å². The summed E-state index contributed by atoms with van der Waals surface area (Å²) in [6.45, 7) is 8.43. The van der Waals surface area contributed by atoms with Crippen molar-refractivity contribution in [2.45, 2.75) is 40.0 Å². The minimum Gasteiger partial charge on any atom is -0.381 e. The second-order valence-corrected chi connectivity index (χ2v) is 4.08. The summed E-state index contributed by atoms with van der Waals surface area (Å²) in [6, 6.07) is 0. The van der Waals surface area contributed by atoms with Gasteiger partial charge in [0.1, 0.15) is 0 Å². The van der Waals surface area contributed by atoms with Crippen LogP contribution < -0.4 is 0 Å². The van der Waals surface area contributed by atoms with Crippen LogP contribution in [-0.4, -0.2) is 13.2 Å². The molecule has 1 saturated heterocycles. The zero-order chi connectivity index (χ0) is 9.73. The van der Waals surface area contributed by atoms with Crippen LogP contribution >= 0.6 is 0 Å². The first-order chi connectivity index (χ1) is 6.21. The molecule has 0 bridgehead atoms. The maximum absolute atomic E-state index is 5.39. The maximum atomic E-state index is 5.39. The molecule has 0 amide bonds. The number of hydrogen-bond acceptors (Lipinski definition) is 1. The summed E-state index contributed by atoms with van der Waals surface area (Å²) in [5.41, 5.74) is 0.244. The van der Waals surface area contributed by atoms with Crippen molar-refractivity contribution in [1.29, 1.82) is 0 Å². The normalized spacial score (nSPS) is 20.9. The highest BCUT2D eigenvalue weighted by atomic mass is 16.5. The largest absolute Gasteiger partial charge is 0.381 e. The lowest BCUT2D eigenvalue weighted by Crippen LogP contribution is -2.33. The predicted molar refractivity (Wildman–Crippen MR) is 55.4 cm³/mol. The van der Waals surface area contributed by atoms with Crippen LogP contribution in [0.3, 0.4) is 0 Å². The van der Waals surface area contributed by atoms with E-state index in [1.165, 1.54) is 0 Å². The Kier molecular flexibility index (Phi) is 3.81. The van der Waals surface area contributed by atoms with Crippen LogP contribution in [0.2, 0.25) is 0 Å². The Balaban J connectivity index is 2.73. The smallest absolute Gasteiger partial charge is 0.0480 e. The van der Waals surface area contributed by atoms with Gasteiger partial charge in [-0.05, 0) is 18.8 Å². The van der Waals surface area contributed by atoms with Crippen molar-refractivity contribution in [3.05, 3.63) is 0 Å². The van der Waals surface area contributed by atoms with Crippen molar-refractivity contribution < 1.29 is 4.74 Å². The van der Waals surface area contributed by atoms with Gasteiger partial charge in [-0.1, -0.05) is 26.7 Å². The first kappa shape index (κ1) is 10.6. The van der Waals surface area contributed by atoms with E-state index in [9.17, 15) is 0 Å². The van der Waals surface area contributed by atoms with E-state index in [4.69, 9.17) is 4.74 Å². The minimum atomic E-state index is 0.244. The Labute approximate surface area is 81.9 Å². The van der Waals surface area contributed by atoms with Crippen LogP contribution in [0.15, 0.2) is 0 Å². The molecule has 0 radical (unpaired) electrons. The van der Waals surface area contributed by atoms with Crippen LogP contribution in [0.1, 0.15) is 40.0 Å². The molecule has 1 heteroatoms. The van der Waals surface area contributed by atoms with Gasteiger partial charge in [-0.15, -0.1) is 5.92 Å². The van der Waals surface area contributed by atoms with Crippen molar-refractivity contribution in [2.24, 2.45) is 11.3 Å². The van der Waals surface area contributed by atoms with Crippen molar-refractivity contribution in [1.82, 2.24) is 0 Å². The lowest BCUT2D eigenvalue weighted by atomic mass is 9.72. The summed E-state index contributed by atoms with van der Waals surface area (Å²) in [5.74, 6) is 7.34. The Morgan fingerprint density at radius 3 is 2.38 bits per heavy atom. The van der Waals surface area contributed by atoms with Crippen LogP contribution in [0.4, 0.5) is 0 Å². The van der Waals surface area contributed by atoms with Gasteiger partial charge in [0.05, 0.1) is 0 Å². The lowest BCUT2D eigenvalue weighted by Gasteiger charge is -2.36. The molecular formula is C12H20O. The molecule has 0 aromatic rings. The van der Waals surface area contributed by atoms with E-state index < -0.39 is 0 Å². The molecule has 0 aromatic carbocycles. The molecule has 1 fully saturated rings. The third-order valence-corrected chi connectivity index (χ3v) is 3.00. The van der Waals surface area contributed by atoms with Gasteiger partial charge < -0.3 is 4.74 Å². The second-order valence-electron chi connectivity index (χ2n) is 4.08. The zero-order valence-corrected chi connectivity index (χ0v) is 9.02.